The first-order valence-electron chi connectivity index (χ1n) is 5.01. The summed E-state index contributed by atoms with van der Waals surface area (Å²) in [4.78, 5) is 10.5. The number of hydrogen-bond acceptors (Lipinski definition) is 4. The summed E-state index contributed by atoms with van der Waals surface area (Å²) in [5.41, 5.74) is 5.72. The van der Waals surface area contributed by atoms with Gasteiger partial charge in [0.25, 0.3) is 5.69 Å². The topological polar surface area (TPSA) is 89.4 Å². The van der Waals surface area contributed by atoms with Gasteiger partial charge in [0.1, 0.15) is 0 Å². The van der Waals surface area contributed by atoms with Gasteiger partial charge in [-0.15, -0.1) is 0 Å². The molecule has 1 aromatic carbocycles. The van der Waals surface area contributed by atoms with E-state index in [0.717, 1.165) is 0 Å². The van der Waals surface area contributed by atoms with Crippen LogP contribution < -0.4 is 5.73 Å². The summed E-state index contributed by atoms with van der Waals surface area (Å²) >= 11 is 0. The van der Waals surface area contributed by atoms with E-state index in [1.165, 1.54) is 6.07 Å². The molecule has 0 aliphatic carbocycles. The van der Waals surface area contributed by atoms with Crippen molar-refractivity contribution in [1.82, 2.24) is 0 Å². The van der Waals surface area contributed by atoms with Crippen molar-refractivity contribution in [3.63, 3.8) is 0 Å². The van der Waals surface area contributed by atoms with Crippen molar-refractivity contribution in [3.8, 4) is 0 Å². The third-order valence-electron chi connectivity index (χ3n) is 2.92. The molecular formula is C11H16N2O3. The lowest BCUT2D eigenvalue weighted by atomic mass is 9.77. The average molecular weight is 224 g/mol. The number of nitro groups is 1. The van der Waals surface area contributed by atoms with Gasteiger partial charge in [-0.3, -0.25) is 10.1 Å². The number of nitro benzene ring substituents is 1. The number of hydrogen-bond donors (Lipinski definition) is 2. The molecule has 0 bridgehead atoms. The van der Waals surface area contributed by atoms with Crippen LogP contribution in [0.25, 0.3) is 0 Å². The van der Waals surface area contributed by atoms with Gasteiger partial charge in [0.15, 0.2) is 0 Å². The number of para-hydroxylation sites is 1. The zero-order valence-electron chi connectivity index (χ0n) is 9.38. The Hall–Kier alpha value is -1.46. The van der Waals surface area contributed by atoms with Gasteiger partial charge in [0.05, 0.1) is 11.5 Å². The predicted molar refractivity (Wildman–Crippen MR) is 61.2 cm³/mol. The molecule has 1 aromatic rings. The van der Waals surface area contributed by atoms with Crippen molar-refractivity contribution in [2.45, 2.75) is 25.3 Å². The molecule has 16 heavy (non-hydrogen) atoms. The van der Waals surface area contributed by atoms with Gasteiger partial charge >= 0.3 is 0 Å². The van der Waals surface area contributed by atoms with Crippen molar-refractivity contribution < 1.29 is 10.0 Å². The van der Waals surface area contributed by atoms with E-state index in [1.54, 1.807) is 32.0 Å². The van der Waals surface area contributed by atoms with Crippen molar-refractivity contribution in [2.75, 3.05) is 6.61 Å². The van der Waals surface area contributed by atoms with Gasteiger partial charge in [-0.2, -0.15) is 0 Å². The number of nitrogens with two attached hydrogens (primary N) is 1. The summed E-state index contributed by atoms with van der Waals surface area (Å²) < 4.78 is 0. The highest BCUT2D eigenvalue weighted by Crippen LogP contribution is 2.33. The predicted octanol–water partition coefficient (Wildman–Crippen LogP) is 1.19. The molecule has 0 heterocycles. The first kappa shape index (κ1) is 12.6. The Balaban J connectivity index is 3.26. The molecule has 88 valence electrons. The first-order chi connectivity index (χ1) is 7.41. The van der Waals surface area contributed by atoms with Gasteiger partial charge in [-0.05, 0) is 0 Å². The molecule has 0 aliphatic rings. The van der Waals surface area contributed by atoms with Crippen LogP contribution in [0.3, 0.4) is 0 Å². The number of aliphatic hydroxyl groups is 1. The molecule has 1 atom stereocenters. The molecule has 3 N–H and O–H groups in total. The summed E-state index contributed by atoms with van der Waals surface area (Å²) in [6.45, 7) is 3.37. The summed E-state index contributed by atoms with van der Waals surface area (Å²) in [6, 6.07) is 5.93. The molecule has 0 saturated heterocycles. The quantitative estimate of drug-likeness (QED) is 0.593. The smallest absolute Gasteiger partial charge is 0.273 e. The second-order valence-corrected chi connectivity index (χ2v) is 4.29. The highest BCUT2D eigenvalue weighted by atomic mass is 16.6. The van der Waals surface area contributed by atoms with Crippen LogP contribution in [0.1, 0.15) is 19.4 Å². The minimum Gasteiger partial charge on any atom is -0.395 e. The Morgan fingerprint density at radius 1 is 1.50 bits per heavy atom. The van der Waals surface area contributed by atoms with Crippen LogP contribution in [-0.4, -0.2) is 22.7 Å². The summed E-state index contributed by atoms with van der Waals surface area (Å²) in [6.07, 6.45) is 0. The lowest BCUT2D eigenvalue weighted by molar-refractivity contribution is -0.386. The number of benzene rings is 1. The molecule has 0 radical (unpaired) electrons. The SMILES string of the molecule is CC(C)(c1ccccc1[N+](=O)[O-])C(N)CO. The van der Waals surface area contributed by atoms with Crippen molar-refractivity contribution in [3.05, 3.63) is 39.9 Å². The average Bonchev–Trinajstić information content (AvgIpc) is 2.27. The highest BCUT2D eigenvalue weighted by molar-refractivity contribution is 5.45. The highest BCUT2D eigenvalue weighted by Gasteiger charge is 2.33. The van der Waals surface area contributed by atoms with E-state index in [1.807, 2.05) is 0 Å². The summed E-state index contributed by atoms with van der Waals surface area (Å²) in [5, 5.41) is 19.9. The molecule has 5 nitrogen and oxygen atoms in total. The molecule has 1 rings (SSSR count). The zero-order valence-corrected chi connectivity index (χ0v) is 9.38. The summed E-state index contributed by atoms with van der Waals surface area (Å²) in [5.74, 6) is 0. The standard InChI is InChI=1S/C11H16N2O3/c1-11(2,10(12)7-14)8-5-3-4-6-9(8)13(15)16/h3-6,10,14H,7,12H2,1-2H3. The van der Waals surface area contributed by atoms with Crippen LogP contribution in [-0.2, 0) is 5.41 Å². The van der Waals surface area contributed by atoms with Gasteiger partial charge in [-0.1, -0.05) is 32.0 Å². The molecule has 1 unspecified atom stereocenters. The maximum absolute atomic E-state index is 10.9. The van der Waals surface area contributed by atoms with Crippen LogP contribution in [0.15, 0.2) is 24.3 Å². The fourth-order valence-corrected chi connectivity index (χ4v) is 1.61. The normalized spacial score (nSPS) is 13.5. The Bertz CT molecular complexity index is 391. The van der Waals surface area contributed by atoms with Crippen LogP contribution in [0.4, 0.5) is 5.69 Å². The van der Waals surface area contributed by atoms with Gasteiger partial charge in [0.2, 0.25) is 0 Å². The van der Waals surface area contributed by atoms with Crippen molar-refractivity contribution >= 4 is 5.69 Å². The van der Waals surface area contributed by atoms with E-state index in [-0.39, 0.29) is 12.3 Å². The van der Waals surface area contributed by atoms with E-state index in [4.69, 9.17) is 10.8 Å². The minimum atomic E-state index is -0.640. The molecule has 0 aromatic heterocycles. The lowest BCUT2D eigenvalue weighted by Crippen LogP contribution is -2.43. The second-order valence-electron chi connectivity index (χ2n) is 4.29. The fraction of sp³-hybridized carbons (Fsp3) is 0.455. The third-order valence-corrected chi connectivity index (χ3v) is 2.92. The Kier molecular flexibility index (Phi) is 3.62. The summed E-state index contributed by atoms with van der Waals surface area (Å²) in [7, 11) is 0. The van der Waals surface area contributed by atoms with Crippen LogP contribution in [0.2, 0.25) is 0 Å². The Morgan fingerprint density at radius 3 is 2.56 bits per heavy atom. The molecule has 5 heteroatoms. The Morgan fingerprint density at radius 2 is 2.06 bits per heavy atom. The number of nitrogens with zero attached hydrogens (tertiary/aromatic N) is 1. The van der Waals surface area contributed by atoms with Gasteiger partial charge in [-0.25, -0.2) is 0 Å². The first-order valence-corrected chi connectivity index (χ1v) is 5.01. The van der Waals surface area contributed by atoms with Gasteiger partial charge < -0.3 is 10.8 Å². The molecular weight excluding hydrogens is 208 g/mol. The van der Waals surface area contributed by atoms with E-state index in [0.29, 0.717) is 5.56 Å². The molecule has 0 aliphatic heterocycles. The molecule has 0 amide bonds. The van der Waals surface area contributed by atoms with E-state index < -0.39 is 16.4 Å². The van der Waals surface area contributed by atoms with Crippen LogP contribution >= 0.6 is 0 Å². The maximum Gasteiger partial charge on any atom is 0.273 e. The molecule has 0 spiro atoms. The van der Waals surface area contributed by atoms with Gasteiger partial charge in [0, 0.05) is 23.1 Å². The largest absolute Gasteiger partial charge is 0.395 e. The van der Waals surface area contributed by atoms with Crippen molar-refractivity contribution in [2.24, 2.45) is 5.73 Å². The van der Waals surface area contributed by atoms with Crippen LogP contribution in [0.5, 0.6) is 0 Å². The van der Waals surface area contributed by atoms with E-state index >= 15 is 0 Å². The molecule has 0 saturated carbocycles. The number of rotatable bonds is 4. The Labute approximate surface area is 94.0 Å². The van der Waals surface area contributed by atoms with E-state index in [2.05, 4.69) is 0 Å². The third kappa shape index (κ3) is 2.20. The minimum absolute atomic E-state index is 0.0383. The van der Waals surface area contributed by atoms with Crippen molar-refractivity contribution in [1.29, 1.82) is 0 Å². The zero-order chi connectivity index (χ0) is 12.3. The number of aliphatic hydroxyl groups excluding tert-OH is 1. The monoisotopic (exact) mass is 224 g/mol. The second kappa shape index (κ2) is 4.59. The maximum atomic E-state index is 10.9. The fourth-order valence-electron chi connectivity index (χ4n) is 1.61. The van der Waals surface area contributed by atoms with Crippen LogP contribution in [0, 0.1) is 10.1 Å². The molecule has 0 fully saturated rings. The lowest BCUT2D eigenvalue weighted by Gasteiger charge is -2.30. The van der Waals surface area contributed by atoms with E-state index in [9.17, 15) is 10.1 Å².